The Morgan fingerprint density at radius 2 is 2.00 bits per heavy atom. The number of sulfone groups is 1. The standard InChI is InChI=1S/C19H18N2O4S2/c1-4-21-16-7-5-12(27(3,23)24)9-14(16)18-17(21)8-6-13-15(10-26-19(13)18)20-25-11(2)22/h5-9H,4,10H2,1-3H3/b20-15+. The molecule has 0 N–H and O–H groups in total. The fourth-order valence-electron chi connectivity index (χ4n) is 3.50. The summed E-state index contributed by atoms with van der Waals surface area (Å²) < 4.78 is 26.3. The van der Waals surface area contributed by atoms with Gasteiger partial charge in [-0.1, -0.05) is 5.16 Å². The first-order valence-electron chi connectivity index (χ1n) is 8.48. The van der Waals surface area contributed by atoms with Crippen molar-refractivity contribution in [2.75, 3.05) is 12.0 Å². The van der Waals surface area contributed by atoms with Gasteiger partial charge in [-0.15, -0.1) is 11.8 Å². The molecule has 0 bridgehead atoms. The van der Waals surface area contributed by atoms with E-state index in [-0.39, 0.29) is 0 Å². The van der Waals surface area contributed by atoms with Gasteiger partial charge in [-0.05, 0) is 37.3 Å². The van der Waals surface area contributed by atoms with Crippen molar-refractivity contribution in [2.45, 2.75) is 30.2 Å². The molecule has 3 aromatic rings. The molecule has 0 unspecified atom stereocenters. The molecular formula is C19H18N2O4S2. The van der Waals surface area contributed by atoms with Gasteiger partial charge in [0.15, 0.2) is 9.84 Å². The number of aromatic nitrogens is 1. The van der Waals surface area contributed by atoms with E-state index in [0.717, 1.165) is 38.8 Å². The molecular weight excluding hydrogens is 384 g/mol. The van der Waals surface area contributed by atoms with Crippen LogP contribution in [-0.4, -0.2) is 36.7 Å². The maximum absolute atomic E-state index is 12.0. The number of aryl methyl sites for hydroxylation is 1. The lowest BCUT2D eigenvalue weighted by molar-refractivity contribution is -0.140. The largest absolute Gasteiger partial charge is 0.341 e. The summed E-state index contributed by atoms with van der Waals surface area (Å²) in [5.74, 6) is 0.147. The summed E-state index contributed by atoms with van der Waals surface area (Å²) in [4.78, 5) is 17.2. The van der Waals surface area contributed by atoms with Crippen LogP contribution in [0.4, 0.5) is 0 Å². The molecule has 2 aromatic carbocycles. The Labute approximate surface area is 161 Å². The number of hydrogen-bond donors (Lipinski definition) is 0. The van der Waals surface area contributed by atoms with E-state index in [1.807, 2.05) is 18.2 Å². The molecule has 140 valence electrons. The molecule has 0 amide bonds. The van der Waals surface area contributed by atoms with Crippen LogP contribution in [0.15, 0.2) is 45.3 Å². The average molecular weight is 402 g/mol. The Hall–Kier alpha value is -2.32. The topological polar surface area (TPSA) is 77.7 Å². The first kappa shape index (κ1) is 18.1. The zero-order chi connectivity index (χ0) is 19.3. The Bertz CT molecular complexity index is 1240. The second-order valence-corrected chi connectivity index (χ2v) is 9.44. The van der Waals surface area contributed by atoms with Gasteiger partial charge in [0, 0.05) is 52.2 Å². The summed E-state index contributed by atoms with van der Waals surface area (Å²) in [6.07, 6.45) is 1.22. The van der Waals surface area contributed by atoms with E-state index in [1.165, 1.54) is 13.2 Å². The summed E-state index contributed by atoms with van der Waals surface area (Å²) in [5, 5.41) is 5.91. The van der Waals surface area contributed by atoms with E-state index in [4.69, 9.17) is 4.84 Å². The van der Waals surface area contributed by atoms with Gasteiger partial charge in [-0.2, -0.15) is 0 Å². The molecule has 8 heteroatoms. The van der Waals surface area contributed by atoms with Gasteiger partial charge in [-0.25, -0.2) is 13.2 Å². The number of thioether (sulfide) groups is 1. The third kappa shape index (κ3) is 2.93. The Kier molecular flexibility index (Phi) is 4.27. The average Bonchev–Trinajstić information content (AvgIpc) is 3.16. The van der Waals surface area contributed by atoms with Crippen LogP contribution in [0.1, 0.15) is 19.4 Å². The van der Waals surface area contributed by atoms with Crippen molar-refractivity contribution in [3.8, 4) is 0 Å². The third-order valence-corrected chi connectivity index (χ3v) is 6.89. The number of benzene rings is 2. The van der Waals surface area contributed by atoms with E-state index in [0.29, 0.717) is 16.4 Å². The highest BCUT2D eigenvalue weighted by atomic mass is 32.2. The van der Waals surface area contributed by atoms with Gasteiger partial charge in [0.25, 0.3) is 0 Å². The smallest absolute Gasteiger partial charge is 0.331 e. The van der Waals surface area contributed by atoms with Crippen LogP contribution in [0.25, 0.3) is 21.8 Å². The lowest BCUT2D eigenvalue weighted by Crippen LogP contribution is -2.02. The van der Waals surface area contributed by atoms with Crippen LogP contribution >= 0.6 is 11.8 Å². The fourth-order valence-corrected chi connectivity index (χ4v) is 5.34. The number of carbonyl (C=O) groups excluding carboxylic acids is 1. The first-order valence-corrected chi connectivity index (χ1v) is 11.4. The number of fused-ring (bicyclic) bond motifs is 5. The molecule has 2 heterocycles. The zero-order valence-electron chi connectivity index (χ0n) is 15.1. The molecule has 0 radical (unpaired) electrons. The second-order valence-electron chi connectivity index (χ2n) is 6.44. The van der Waals surface area contributed by atoms with Crippen LogP contribution in [0.5, 0.6) is 0 Å². The number of rotatable bonds is 3. The number of oxime groups is 1. The number of hydrogen-bond acceptors (Lipinski definition) is 6. The van der Waals surface area contributed by atoms with E-state index < -0.39 is 15.8 Å². The van der Waals surface area contributed by atoms with Gasteiger partial charge in [0.05, 0.1) is 16.1 Å². The highest BCUT2D eigenvalue weighted by molar-refractivity contribution is 8.00. The van der Waals surface area contributed by atoms with E-state index in [9.17, 15) is 13.2 Å². The molecule has 1 aromatic heterocycles. The number of nitrogens with zero attached hydrogens (tertiary/aromatic N) is 2. The minimum absolute atomic E-state index is 0.305. The summed E-state index contributed by atoms with van der Waals surface area (Å²) in [5.41, 5.74) is 3.69. The lowest BCUT2D eigenvalue weighted by Gasteiger charge is -2.04. The molecule has 0 atom stereocenters. The molecule has 1 aliphatic heterocycles. The maximum Gasteiger partial charge on any atom is 0.331 e. The van der Waals surface area contributed by atoms with Crippen molar-refractivity contribution in [3.05, 3.63) is 35.9 Å². The Balaban J connectivity index is 2.05. The van der Waals surface area contributed by atoms with Crippen molar-refractivity contribution < 1.29 is 18.0 Å². The fraction of sp³-hybridized carbons (Fsp3) is 0.263. The van der Waals surface area contributed by atoms with Gasteiger partial charge < -0.3 is 9.40 Å². The maximum atomic E-state index is 12.0. The molecule has 4 rings (SSSR count). The monoisotopic (exact) mass is 402 g/mol. The van der Waals surface area contributed by atoms with Crippen LogP contribution < -0.4 is 0 Å². The minimum atomic E-state index is -3.30. The molecule has 1 aliphatic rings. The highest BCUT2D eigenvalue weighted by Gasteiger charge is 2.25. The number of carbonyl (C=O) groups is 1. The molecule has 0 spiro atoms. The summed E-state index contributed by atoms with van der Waals surface area (Å²) in [6, 6.07) is 9.29. The van der Waals surface area contributed by atoms with Crippen LogP contribution in [0.3, 0.4) is 0 Å². The normalized spacial score (nSPS) is 15.6. The van der Waals surface area contributed by atoms with Crippen molar-refractivity contribution >= 4 is 55.1 Å². The summed E-state index contributed by atoms with van der Waals surface area (Å²) in [7, 11) is -3.30. The lowest BCUT2D eigenvalue weighted by atomic mass is 10.1. The molecule has 0 fully saturated rings. The van der Waals surface area contributed by atoms with Crippen molar-refractivity contribution in [2.24, 2.45) is 5.16 Å². The molecule has 27 heavy (non-hydrogen) atoms. The zero-order valence-corrected chi connectivity index (χ0v) is 16.8. The summed E-state index contributed by atoms with van der Waals surface area (Å²) in [6.45, 7) is 4.16. The van der Waals surface area contributed by atoms with Crippen molar-refractivity contribution in [1.29, 1.82) is 0 Å². The predicted molar refractivity (Wildman–Crippen MR) is 107 cm³/mol. The van der Waals surface area contributed by atoms with Crippen molar-refractivity contribution in [3.63, 3.8) is 0 Å². The molecule has 0 saturated heterocycles. The van der Waals surface area contributed by atoms with Gasteiger partial charge >= 0.3 is 5.97 Å². The molecule has 0 aliphatic carbocycles. The minimum Gasteiger partial charge on any atom is -0.341 e. The third-order valence-electron chi connectivity index (χ3n) is 4.65. The van der Waals surface area contributed by atoms with E-state index >= 15 is 0 Å². The quantitative estimate of drug-likeness (QED) is 0.494. The molecule has 6 nitrogen and oxygen atoms in total. The molecule has 0 saturated carbocycles. The van der Waals surface area contributed by atoms with E-state index in [1.54, 1.807) is 23.9 Å². The Morgan fingerprint density at radius 3 is 2.67 bits per heavy atom. The first-order chi connectivity index (χ1) is 12.8. The van der Waals surface area contributed by atoms with Crippen LogP contribution in [-0.2, 0) is 26.0 Å². The van der Waals surface area contributed by atoms with Crippen LogP contribution in [0, 0.1) is 0 Å². The SMILES string of the molecule is CCn1c2ccc(S(C)(=O)=O)cc2c2c3c(ccc21)/C(=N/OC(C)=O)CS3. The van der Waals surface area contributed by atoms with Gasteiger partial charge in [0.2, 0.25) is 0 Å². The highest BCUT2D eigenvalue weighted by Crippen LogP contribution is 2.43. The van der Waals surface area contributed by atoms with Gasteiger partial charge in [-0.3, -0.25) is 0 Å². The van der Waals surface area contributed by atoms with Crippen molar-refractivity contribution in [1.82, 2.24) is 4.57 Å². The van der Waals surface area contributed by atoms with Gasteiger partial charge in [0.1, 0.15) is 0 Å². The predicted octanol–water partition coefficient (Wildman–Crippen LogP) is 3.59. The van der Waals surface area contributed by atoms with E-state index in [2.05, 4.69) is 16.6 Å². The Morgan fingerprint density at radius 1 is 1.26 bits per heavy atom. The van der Waals surface area contributed by atoms with Crippen LogP contribution in [0.2, 0.25) is 0 Å². The second kappa shape index (κ2) is 6.38. The summed E-state index contributed by atoms with van der Waals surface area (Å²) >= 11 is 1.62.